The normalized spacial score (nSPS) is 12.3. The lowest BCUT2D eigenvalue weighted by atomic mass is 10.3. The molecule has 0 spiro atoms. The fourth-order valence-electron chi connectivity index (χ4n) is 1.26. The molecule has 0 amide bonds. The van der Waals surface area contributed by atoms with Crippen LogP contribution in [0.15, 0.2) is 59.4 Å². The smallest absolute Gasteiger partial charge is 0.0590 e. The van der Waals surface area contributed by atoms with Crippen molar-refractivity contribution in [2.24, 2.45) is 5.10 Å². The van der Waals surface area contributed by atoms with E-state index in [0.29, 0.717) is 0 Å². The number of rotatable bonds is 5. The van der Waals surface area contributed by atoms with Crippen molar-refractivity contribution in [3.63, 3.8) is 0 Å². The quantitative estimate of drug-likeness (QED) is 0.477. The number of nitrogens with zero attached hydrogens (tertiary/aromatic N) is 2. The van der Waals surface area contributed by atoms with Gasteiger partial charge >= 0.3 is 0 Å². The maximum absolute atomic E-state index is 4.38. The van der Waals surface area contributed by atoms with Crippen molar-refractivity contribution in [2.45, 2.75) is 6.92 Å². The Labute approximate surface area is 103 Å². The summed E-state index contributed by atoms with van der Waals surface area (Å²) in [6, 6.07) is 10.0. The third-order valence-corrected chi connectivity index (χ3v) is 2.29. The Bertz CT molecular complexity index is 405. The van der Waals surface area contributed by atoms with Gasteiger partial charge in [-0.05, 0) is 36.9 Å². The summed E-state index contributed by atoms with van der Waals surface area (Å²) in [6.07, 6.45) is 7.70. The predicted molar refractivity (Wildman–Crippen MR) is 75.3 cm³/mol. The van der Waals surface area contributed by atoms with E-state index in [1.165, 1.54) is 0 Å². The molecule has 17 heavy (non-hydrogen) atoms. The molecule has 1 aromatic carbocycles. The molecule has 0 fully saturated rings. The number of benzene rings is 1. The lowest BCUT2D eigenvalue weighted by Gasteiger charge is -2.12. The van der Waals surface area contributed by atoms with Crippen molar-refractivity contribution in [1.29, 1.82) is 0 Å². The SMILES string of the molecule is CC=C(C=CNC)C=NN(C)c1ccccc1. The molecule has 0 saturated heterocycles. The molecule has 0 unspecified atom stereocenters. The molecule has 3 heteroatoms. The molecular weight excluding hydrogens is 210 g/mol. The topological polar surface area (TPSA) is 27.6 Å². The molecule has 0 aliphatic rings. The Kier molecular flexibility index (Phi) is 5.58. The summed E-state index contributed by atoms with van der Waals surface area (Å²) in [5, 5.41) is 9.18. The Hall–Kier alpha value is -2.03. The third-order valence-electron chi connectivity index (χ3n) is 2.29. The molecule has 1 N–H and O–H groups in total. The van der Waals surface area contributed by atoms with Crippen LogP contribution in [0.3, 0.4) is 0 Å². The van der Waals surface area contributed by atoms with Gasteiger partial charge in [0.2, 0.25) is 0 Å². The number of anilines is 1. The van der Waals surface area contributed by atoms with E-state index >= 15 is 0 Å². The van der Waals surface area contributed by atoms with Gasteiger partial charge in [0.1, 0.15) is 0 Å². The third kappa shape index (κ3) is 4.55. The van der Waals surface area contributed by atoms with Crippen LogP contribution in [-0.4, -0.2) is 20.3 Å². The summed E-state index contributed by atoms with van der Waals surface area (Å²) in [7, 11) is 3.80. The monoisotopic (exact) mass is 229 g/mol. The van der Waals surface area contributed by atoms with Gasteiger partial charge in [-0.25, -0.2) is 0 Å². The fourth-order valence-corrected chi connectivity index (χ4v) is 1.26. The summed E-state index contributed by atoms with van der Waals surface area (Å²) in [5.74, 6) is 0. The van der Waals surface area contributed by atoms with Crippen LogP contribution in [0.2, 0.25) is 0 Å². The molecule has 0 aliphatic heterocycles. The van der Waals surface area contributed by atoms with Crippen molar-refractivity contribution in [2.75, 3.05) is 19.1 Å². The van der Waals surface area contributed by atoms with Crippen LogP contribution in [-0.2, 0) is 0 Å². The van der Waals surface area contributed by atoms with Crippen LogP contribution in [0.5, 0.6) is 0 Å². The van der Waals surface area contributed by atoms with E-state index in [1.54, 1.807) is 0 Å². The minimum atomic E-state index is 1.06. The summed E-state index contributed by atoms with van der Waals surface area (Å²) in [4.78, 5) is 0. The Balaban J connectivity index is 2.67. The van der Waals surface area contributed by atoms with Gasteiger partial charge in [-0.3, -0.25) is 5.01 Å². The highest BCUT2D eigenvalue weighted by molar-refractivity contribution is 5.82. The van der Waals surface area contributed by atoms with E-state index in [4.69, 9.17) is 0 Å². The molecule has 0 saturated carbocycles. The summed E-state index contributed by atoms with van der Waals surface area (Å²) < 4.78 is 0. The minimum Gasteiger partial charge on any atom is -0.394 e. The number of hydrazone groups is 1. The predicted octanol–water partition coefficient (Wildman–Crippen LogP) is 2.79. The second kappa shape index (κ2) is 7.28. The van der Waals surface area contributed by atoms with Gasteiger partial charge in [-0.1, -0.05) is 24.3 Å². The fraction of sp³-hybridized carbons (Fsp3) is 0.214. The Morgan fingerprint density at radius 3 is 2.59 bits per heavy atom. The van der Waals surface area contributed by atoms with Crippen LogP contribution in [0, 0.1) is 0 Å². The molecule has 0 radical (unpaired) electrons. The number of hydrogen-bond donors (Lipinski definition) is 1. The number of nitrogens with one attached hydrogen (secondary N) is 1. The van der Waals surface area contributed by atoms with E-state index in [2.05, 4.69) is 10.4 Å². The highest BCUT2D eigenvalue weighted by Crippen LogP contribution is 2.10. The Morgan fingerprint density at radius 1 is 1.29 bits per heavy atom. The molecule has 0 heterocycles. The van der Waals surface area contributed by atoms with Crippen LogP contribution >= 0.6 is 0 Å². The van der Waals surface area contributed by atoms with Crippen LogP contribution < -0.4 is 10.3 Å². The van der Waals surface area contributed by atoms with E-state index in [9.17, 15) is 0 Å². The molecule has 0 bridgehead atoms. The average Bonchev–Trinajstić information content (AvgIpc) is 2.39. The minimum absolute atomic E-state index is 1.06. The summed E-state index contributed by atoms with van der Waals surface area (Å²) in [6.45, 7) is 1.99. The number of hydrogen-bond acceptors (Lipinski definition) is 3. The van der Waals surface area contributed by atoms with E-state index < -0.39 is 0 Å². The first-order chi connectivity index (χ1) is 8.27. The first-order valence-corrected chi connectivity index (χ1v) is 5.61. The average molecular weight is 229 g/mol. The van der Waals surface area contributed by atoms with E-state index in [1.807, 2.05) is 80.9 Å². The molecule has 0 aromatic heterocycles. The zero-order valence-corrected chi connectivity index (χ0v) is 10.6. The first kappa shape index (κ1) is 13.0. The number of allylic oxidation sites excluding steroid dienone is 3. The second-order valence-electron chi connectivity index (χ2n) is 3.51. The Morgan fingerprint density at radius 2 is 2.00 bits per heavy atom. The lowest BCUT2D eigenvalue weighted by Crippen LogP contribution is -2.08. The zero-order valence-electron chi connectivity index (χ0n) is 10.6. The van der Waals surface area contributed by atoms with E-state index in [0.717, 1.165) is 11.3 Å². The van der Waals surface area contributed by atoms with Gasteiger partial charge in [0.25, 0.3) is 0 Å². The highest BCUT2D eigenvalue weighted by Gasteiger charge is 1.94. The molecule has 90 valence electrons. The zero-order chi connectivity index (χ0) is 12.5. The molecule has 3 nitrogen and oxygen atoms in total. The highest BCUT2D eigenvalue weighted by atomic mass is 15.4. The largest absolute Gasteiger partial charge is 0.394 e. The number of para-hydroxylation sites is 1. The van der Waals surface area contributed by atoms with Crippen molar-refractivity contribution < 1.29 is 0 Å². The van der Waals surface area contributed by atoms with Gasteiger partial charge in [0.15, 0.2) is 0 Å². The van der Waals surface area contributed by atoms with Crippen molar-refractivity contribution in [1.82, 2.24) is 5.32 Å². The van der Waals surface area contributed by atoms with Gasteiger partial charge in [0.05, 0.1) is 11.9 Å². The standard InChI is InChI=1S/C14H19N3/c1-4-13(10-11-15-2)12-16-17(3)14-8-6-5-7-9-14/h4-12,15H,1-3H3. The second-order valence-corrected chi connectivity index (χ2v) is 3.51. The van der Waals surface area contributed by atoms with Crippen molar-refractivity contribution in [3.8, 4) is 0 Å². The van der Waals surface area contributed by atoms with Gasteiger partial charge < -0.3 is 5.32 Å². The maximum atomic E-state index is 4.38. The first-order valence-electron chi connectivity index (χ1n) is 5.61. The van der Waals surface area contributed by atoms with E-state index in [-0.39, 0.29) is 0 Å². The van der Waals surface area contributed by atoms with Gasteiger partial charge in [-0.15, -0.1) is 0 Å². The molecular formula is C14H19N3. The molecule has 0 atom stereocenters. The lowest BCUT2D eigenvalue weighted by molar-refractivity contribution is 1.02. The van der Waals surface area contributed by atoms with Crippen LogP contribution in [0.4, 0.5) is 5.69 Å². The van der Waals surface area contributed by atoms with Gasteiger partial charge in [0, 0.05) is 14.1 Å². The maximum Gasteiger partial charge on any atom is 0.0590 e. The summed E-state index contributed by atoms with van der Waals surface area (Å²) >= 11 is 0. The van der Waals surface area contributed by atoms with Crippen LogP contribution in [0.25, 0.3) is 0 Å². The molecule has 0 aliphatic carbocycles. The molecule has 1 rings (SSSR count). The van der Waals surface area contributed by atoms with Gasteiger partial charge in [-0.2, -0.15) is 5.10 Å². The summed E-state index contributed by atoms with van der Waals surface area (Å²) in [5.41, 5.74) is 2.12. The molecule has 1 aromatic rings. The van der Waals surface area contributed by atoms with Crippen molar-refractivity contribution >= 4 is 11.9 Å². The van der Waals surface area contributed by atoms with Crippen LogP contribution in [0.1, 0.15) is 6.92 Å². The van der Waals surface area contributed by atoms with Crippen molar-refractivity contribution in [3.05, 3.63) is 54.3 Å².